The van der Waals surface area contributed by atoms with E-state index < -0.39 is 5.91 Å². The standard InChI is InChI=1S/C14H15N5O2/c1-18-10-4-3-9(12(15)20)7-11(10)19(8-21-2)14-13(18)16-5-6-17-14/h3-7H,8H2,1-2H3,(H2,15,20). The maximum Gasteiger partial charge on any atom is 0.248 e. The van der Waals surface area contributed by atoms with Crippen LogP contribution in [-0.2, 0) is 4.74 Å². The number of anilines is 4. The summed E-state index contributed by atoms with van der Waals surface area (Å²) in [5.41, 5.74) is 7.52. The smallest absolute Gasteiger partial charge is 0.248 e. The van der Waals surface area contributed by atoms with Gasteiger partial charge >= 0.3 is 0 Å². The van der Waals surface area contributed by atoms with Crippen LogP contribution in [0.15, 0.2) is 30.6 Å². The fourth-order valence-electron chi connectivity index (χ4n) is 2.41. The number of nitrogens with two attached hydrogens (primary N) is 1. The molecule has 2 heterocycles. The lowest BCUT2D eigenvalue weighted by molar-refractivity contribution is 0.100. The Bertz CT molecular complexity index is 704. The number of aromatic nitrogens is 2. The SMILES string of the molecule is COCN1c2cc(C(N)=O)ccc2N(C)c2nccnc21. The summed E-state index contributed by atoms with van der Waals surface area (Å²) >= 11 is 0. The molecule has 2 N–H and O–H groups in total. The molecule has 0 fully saturated rings. The van der Waals surface area contributed by atoms with Crippen LogP contribution in [-0.4, -0.2) is 36.8 Å². The van der Waals surface area contributed by atoms with Crippen LogP contribution < -0.4 is 15.5 Å². The number of ether oxygens (including phenoxy) is 1. The molecule has 1 amide bonds. The molecule has 1 aromatic carbocycles. The van der Waals surface area contributed by atoms with Crippen LogP contribution in [0.4, 0.5) is 23.0 Å². The number of carbonyl (C=O) groups excluding carboxylic acids is 1. The van der Waals surface area contributed by atoms with Gasteiger partial charge in [-0.25, -0.2) is 9.97 Å². The number of carbonyl (C=O) groups is 1. The molecule has 108 valence electrons. The number of hydrogen-bond donors (Lipinski definition) is 1. The molecule has 0 aliphatic carbocycles. The highest BCUT2D eigenvalue weighted by atomic mass is 16.5. The van der Waals surface area contributed by atoms with E-state index in [0.717, 1.165) is 17.2 Å². The highest BCUT2D eigenvalue weighted by Gasteiger charge is 2.29. The third-order valence-electron chi connectivity index (χ3n) is 3.40. The number of nitrogens with zero attached hydrogens (tertiary/aromatic N) is 4. The Morgan fingerprint density at radius 3 is 2.62 bits per heavy atom. The lowest BCUT2D eigenvalue weighted by atomic mass is 10.1. The number of hydrogen-bond acceptors (Lipinski definition) is 6. The molecule has 0 saturated carbocycles. The molecular weight excluding hydrogens is 270 g/mol. The van der Waals surface area contributed by atoms with Crippen molar-refractivity contribution in [1.82, 2.24) is 9.97 Å². The van der Waals surface area contributed by atoms with Crippen molar-refractivity contribution < 1.29 is 9.53 Å². The highest BCUT2D eigenvalue weighted by molar-refractivity contribution is 5.98. The Morgan fingerprint density at radius 1 is 1.24 bits per heavy atom. The van der Waals surface area contributed by atoms with Gasteiger partial charge in [0.25, 0.3) is 0 Å². The summed E-state index contributed by atoms with van der Waals surface area (Å²) in [6.45, 7) is 0.300. The number of fused-ring (bicyclic) bond motifs is 2. The zero-order valence-corrected chi connectivity index (χ0v) is 11.8. The Labute approximate surface area is 122 Å². The van der Waals surface area contributed by atoms with E-state index in [2.05, 4.69) is 9.97 Å². The summed E-state index contributed by atoms with van der Waals surface area (Å²) in [7, 11) is 3.51. The summed E-state index contributed by atoms with van der Waals surface area (Å²) in [6.07, 6.45) is 3.27. The molecule has 1 aliphatic heterocycles. The van der Waals surface area contributed by atoms with Gasteiger partial charge in [-0.15, -0.1) is 0 Å². The Balaban J connectivity index is 2.20. The largest absolute Gasteiger partial charge is 0.366 e. The number of rotatable bonds is 3. The monoisotopic (exact) mass is 285 g/mol. The molecule has 2 aromatic rings. The first-order chi connectivity index (χ1) is 10.1. The minimum atomic E-state index is -0.470. The van der Waals surface area contributed by atoms with Crippen molar-refractivity contribution in [2.24, 2.45) is 5.73 Å². The van der Waals surface area contributed by atoms with Gasteiger partial charge in [0.05, 0.1) is 11.4 Å². The van der Waals surface area contributed by atoms with Crippen LogP contribution in [0.1, 0.15) is 10.4 Å². The molecule has 3 rings (SSSR count). The van der Waals surface area contributed by atoms with Gasteiger partial charge in [-0.2, -0.15) is 0 Å². The summed E-state index contributed by atoms with van der Waals surface area (Å²) in [5.74, 6) is 0.938. The van der Waals surface area contributed by atoms with E-state index in [1.165, 1.54) is 0 Å². The summed E-state index contributed by atoms with van der Waals surface area (Å²) in [4.78, 5) is 23.9. The molecule has 1 aromatic heterocycles. The van der Waals surface area contributed by atoms with Crippen molar-refractivity contribution in [2.45, 2.75) is 0 Å². The first-order valence-corrected chi connectivity index (χ1v) is 6.38. The van der Waals surface area contributed by atoms with Crippen molar-refractivity contribution in [3.63, 3.8) is 0 Å². The number of methoxy groups -OCH3 is 1. The fraction of sp³-hybridized carbons (Fsp3) is 0.214. The zero-order chi connectivity index (χ0) is 15.0. The van der Waals surface area contributed by atoms with Crippen LogP contribution in [0.2, 0.25) is 0 Å². The molecule has 21 heavy (non-hydrogen) atoms. The van der Waals surface area contributed by atoms with E-state index in [-0.39, 0.29) is 0 Å². The predicted molar refractivity (Wildman–Crippen MR) is 79.1 cm³/mol. The van der Waals surface area contributed by atoms with E-state index in [9.17, 15) is 4.79 Å². The fourth-order valence-corrected chi connectivity index (χ4v) is 2.41. The highest BCUT2D eigenvalue weighted by Crippen LogP contribution is 2.44. The minimum absolute atomic E-state index is 0.300. The van der Waals surface area contributed by atoms with Crippen molar-refractivity contribution in [1.29, 1.82) is 0 Å². The second-order valence-electron chi connectivity index (χ2n) is 4.68. The summed E-state index contributed by atoms with van der Waals surface area (Å²) < 4.78 is 5.25. The number of amides is 1. The summed E-state index contributed by atoms with van der Waals surface area (Å²) in [5, 5.41) is 0. The molecule has 0 bridgehead atoms. The van der Waals surface area contributed by atoms with E-state index in [1.54, 1.807) is 31.6 Å². The Morgan fingerprint density at radius 2 is 1.95 bits per heavy atom. The predicted octanol–water partition coefficient (Wildman–Crippen LogP) is 1.40. The van der Waals surface area contributed by atoms with Crippen molar-refractivity contribution in [2.75, 3.05) is 30.7 Å². The molecule has 1 aliphatic rings. The van der Waals surface area contributed by atoms with Crippen LogP contribution >= 0.6 is 0 Å². The first kappa shape index (κ1) is 13.3. The first-order valence-electron chi connectivity index (χ1n) is 6.38. The normalized spacial score (nSPS) is 12.9. The van der Waals surface area contributed by atoms with Gasteiger partial charge in [-0.05, 0) is 18.2 Å². The van der Waals surface area contributed by atoms with E-state index >= 15 is 0 Å². The molecule has 0 radical (unpaired) electrons. The third kappa shape index (κ3) is 2.07. The van der Waals surface area contributed by atoms with Crippen LogP contribution in [0.3, 0.4) is 0 Å². The number of primary amides is 1. The Kier molecular flexibility index (Phi) is 3.19. The second-order valence-corrected chi connectivity index (χ2v) is 4.68. The maximum absolute atomic E-state index is 11.4. The molecule has 7 nitrogen and oxygen atoms in total. The topological polar surface area (TPSA) is 84.6 Å². The third-order valence-corrected chi connectivity index (χ3v) is 3.40. The molecule has 0 saturated heterocycles. The molecular formula is C14H15N5O2. The maximum atomic E-state index is 11.4. The Hall–Kier alpha value is -2.67. The van der Waals surface area contributed by atoms with E-state index in [1.807, 2.05) is 22.9 Å². The lowest BCUT2D eigenvalue weighted by Crippen LogP contribution is -2.30. The van der Waals surface area contributed by atoms with Crippen LogP contribution in [0, 0.1) is 0 Å². The van der Waals surface area contributed by atoms with Gasteiger partial charge in [-0.1, -0.05) is 0 Å². The number of benzene rings is 1. The average Bonchev–Trinajstić information content (AvgIpc) is 2.51. The molecule has 0 spiro atoms. The minimum Gasteiger partial charge on any atom is -0.366 e. The van der Waals surface area contributed by atoms with Gasteiger partial charge in [-0.3, -0.25) is 9.69 Å². The van der Waals surface area contributed by atoms with Gasteiger partial charge < -0.3 is 15.4 Å². The summed E-state index contributed by atoms with van der Waals surface area (Å²) in [6, 6.07) is 5.28. The molecule has 0 unspecified atom stereocenters. The van der Waals surface area contributed by atoms with E-state index in [4.69, 9.17) is 10.5 Å². The second kappa shape index (κ2) is 5.02. The van der Waals surface area contributed by atoms with Crippen LogP contribution in [0.5, 0.6) is 0 Å². The van der Waals surface area contributed by atoms with Crippen molar-refractivity contribution in [3.05, 3.63) is 36.2 Å². The van der Waals surface area contributed by atoms with E-state index in [0.29, 0.717) is 18.1 Å². The van der Waals surface area contributed by atoms with Gasteiger partial charge in [0.15, 0.2) is 11.6 Å². The van der Waals surface area contributed by atoms with Gasteiger partial charge in [0.1, 0.15) is 6.73 Å². The van der Waals surface area contributed by atoms with Crippen LogP contribution in [0.25, 0.3) is 0 Å². The molecule has 0 atom stereocenters. The van der Waals surface area contributed by atoms with Gasteiger partial charge in [0.2, 0.25) is 5.91 Å². The quantitative estimate of drug-likeness (QED) is 0.917. The van der Waals surface area contributed by atoms with Crippen molar-refractivity contribution >= 4 is 28.9 Å². The zero-order valence-electron chi connectivity index (χ0n) is 11.8. The molecule has 7 heteroatoms. The van der Waals surface area contributed by atoms with Crippen molar-refractivity contribution in [3.8, 4) is 0 Å². The van der Waals surface area contributed by atoms with Gasteiger partial charge in [0, 0.05) is 32.1 Å². The average molecular weight is 285 g/mol. The lowest BCUT2D eigenvalue weighted by Gasteiger charge is -2.36.